The summed E-state index contributed by atoms with van der Waals surface area (Å²) in [4.78, 5) is 31.1. The lowest BCUT2D eigenvalue weighted by Gasteiger charge is -2.05. The standard InChI is InChI=1S/C13H14N4O3/c1-9-7-17-10(8-16-9)12(18)14-4-5-15-13(19)11-3-2-6-20-11/h2-3,6-8H,4-5H2,1H3,(H,14,18)(H,15,19). The van der Waals surface area contributed by atoms with Gasteiger partial charge in [-0.2, -0.15) is 0 Å². The number of carbonyl (C=O) groups is 2. The van der Waals surface area contributed by atoms with Crippen LogP contribution in [0.25, 0.3) is 0 Å². The summed E-state index contributed by atoms with van der Waals surface area (Å²) < 4.78 is 4.94. The second-order valence-corrected chi connectivity index (χ2v) is 4.03. The van der Waals surface area contributed by atoms with E-state index < -0.39 is 0 Å². The molecule has 0 saturated heterocycles. The summed E-state index contributed by atoms with van der Waals surface area (Å²) in [5.74, 6) is -0.412. The van der Waals surface area contributed by atoms with Crippen molar-refractivity contribution in [3.63, 3.8) is 0 Å². The third-order valence-electron chi connectivity index (χ3n) is 2.45. The van der Waals surface area contributed by atoms with Crippen molar-refractivity contribution in [3.05, 3.63) is 47.9 Å². The topological polar surface area (TPSA) is 97.1 Å². The van der Waals surface area contributed by atoms with Crippen molar-refractivity contribution in [2.75, 3.05) is 13.1 Å². The number of aromatic nitrogens is 2. The molecule has 2 rings (SSSR count). The largest absolute Gasteiger partial charge is 0.459 e. The Bertz CT molecular complexity index is 578. The Kier molecular flexibility index (Phi) is 4.43. The molecule has 2 heterocycles. The first-order valence-corrected chi connectivity index (χ1v) is 6.05. The molecule has 0 aliphatic carbocycles. The Balaban J connectivity index is 1.72. The van der Waals surface area contributed by atoms with E-state index in [-0.39, 0.29) is 23.3 Å². The molecule has 2 N–H and O–H groups in total. The first kappa shape index (κ1) is 13.7. The Morgan fingerprint density at radius 2 is 1.90 bits per heavy atom. The fourth-order valence-electron chi connectivity index (χ4n) is 1.45. The van der Waals surface area contributed by atoms with E-state index in [1.54, 1.807) is 19.1 Å². The molecule has 7 nitrogen and oxygen atoms in total. The van der Waals surface area contributed by atoms with Gasteiger partial charge in [-0.25, -0.2) is 4.98 Å². The van der Waals surface area contributed by atoms with Crippen LogP contribution >= 0.6 is 0 Å². The van der Waals surface area contributed by atoms with Gasteiger partial charge in [-0.3, -0.25) is 14.6 Å². The van der Waals surface area contributed by atoms with Crippen molar-refractivity contribution in [1.29, 1.82) is 0 Å². The van der Waals surface area contributed by atoms with E-state index in [2.05, 4.69) is 20.6 Å². The number of nitrogens with one attached hydrogen (secondary N) is 2. The molecule has 0 radical (unpaired) electrons. The van der Waals surface area contributed by atoms with Crippen molar-refractivity contribution >= 4 is 11.8 Å². The third-order valence-corrected chi connectivity index (χ3v) is 2.45. The Morgan fingerprint density at radius 1 is 1.15 bits per heavy atom. The number of aryl methyl sites for hydroxylation is 1. The number of rotatable bonds is 5. The highest BCUT2D eigenvalue weighted by atomic mass is 16.3. The average molecular weight is 274 g/mol. The van der Waals surface area contributed by atoms with Crippen LogP contribution in [0.4, 0.5) is 0 Å². The SMILES string of the molecule is Cc1cnc(C(=O)NCCNC(=O)c2ccco2)cn1. The van der Waals surface area contributed by atoms with E-state index >= 15 is 0 Å². The summed E-state index contributed by atoms with van der Waals surface area (Å²) in [6.07, 6.45) is 4.35. The van der Waals surface area contributed by atoms with Crippen molar-refractivity contribution in [1.82, 2.24) is 20.6 Å². The van der Waals surface area contributed by atoms with Crippen LogP contribution in [-0.4, -0.2) is 34.9 Å². The minimum atomic E-state index is -0.329. The van der Waals surface area contributed by atoms with Gasteiger partial charge in [0, 0.05) is 19.3 Å². The van der Waals surface area contributed by atoms with Crippen LogP contribution in [0.1, 0.15) is 26.7 Å². The molecule has 0 aromatic carbocycles. The van der Waals surface area contributed by atoms with Gasteiger partial charge in [-0.1, -0.05) is 0 Å². The lowest BCUT2D eigenvalue weighted by molar-refractivity contribution is 0.0909. The average Bonchev–Trinajstić information content (AvgIpc) is 2.98. The number of carbonyl (C=O) groups excluding carboxylic acids is 2. The first-order chi connectivity index (χ1) is 9.66. The van der Waals surface area contributed by atoms with Crippen LogP contribution in [-0.2, 0) is 0 Å². The zero-order valence-electron chi connectivity index (χ0n) is 10.9. The summed E-state index contributed by atoms with van der Waals surface area (Å²) in [7, 11) is 0. The highest BCUT2D eigenvalue weighted by molar-refractivity contribution is 5.92. The number of amides is 2. The molecule has 0 atom stereocenters. The second-order valence-electron chi connectivity index (χ2n) is 4.03. The molecule has 0 aliphatic heterocycles. The maximum atomic E-state index is 11.7. The highest BCUT2D eigenvalue weighted by Crippen LogP contribution is 1.98. The molecule has 0 bridgehead atoms. The Hall–Kier alpha value is -2.70. The highest BCUT2D eigenvalue weighted by Gasteiger charge is 2.09. The van der Waals surface area contributed by atoms with Crippen molar-refractivity contribution in [2.24, 2.45) is 0 Å². The fourth-order valence-corrected chi connectivity index (χ4v) is 1.45. The number of nitrogens with zero attached hydrogens (tertiary/aromatic N) is 2. The number of hydrogen-bond donors (Lipinski definition) is 2. The van der Waals surface area contributed by atoms with E-state index in [4.69, 9.17) is 4.42 Å². The third kappa shape index (κ3) is 3.64. The van der Waals surface area contributed by atoms with Crippen LogP contribution < -0.4 is 10.6 Å². The predicted octanol–water partition coefficient (Wildman–Crippen LogP) is 0.538. The molecule has 104 valence electrons. The number of hydrogen-bond acceptors (Lipinski definition) is 5. The molecule has 2 aromatic heterocycles. The van der Waals surface area contributed by atoms with E-state index in [1.807, 2.05) is 0 Å². The smallest absolute Gasteiger partial charge is 0.287 e. The molecule has 0 unspecified atom stereocenters. The van der Waals surface area contributed by atoms with Crippen molar-refractivity contribution in [2.45, 2.75) is 6.92 Å². The molecule has 7 heteroatoms. The monoisotopic (exact) mass is 274 g/mol. The van der Waals surface area contributed by atoms with Gasteiger partial charge in [0.05, 0.1) is 18.2 Å². The Morgan fingerprint density at radius 3 is 2.50 bits per heavy atom. The van der Waals surface area contributed by atoms with Gasteiger partial charge in [-0.15, -0.1) is 0 Å². The van der Waals surface area contributed by atoms with Gasteiger partial charge >= 0.3 is 0 Å². The summed E-state index contributed by atoms with van der Waals surface area (Å²) in [6.45, 7) is 2.38. The molecule has 2 amide bonds. The minimum Gasteiger partial charge on any atom is -0.459 e. The van der Waals surface area contributed by atoms with E-state index in [0.29, 0.717) is 13.1 Å². The Labute approximate surface area is 115 Å². The summed E-state index contributed by atoms with van der Waals surface area (Å²) in [5.41, 5.74) is 0.986. The minimum absolute atomic E-state index is 0.237. The maximum absolute atomic E-state index is 11.7. The van der Waals surface area contributed by atoms with Gasteiger partial charge in [0.15, 0.2) is 5.76 Å². The van der Waals surface area contributed by atoms with Gasteiger partial charge in [-0.05, 0) is 19.1 Å². The summed E-state index contributed by atoms with van der Waals surface area (Å²) in [5, 5.41) is 5.25. The van der Waals surface area contributed by atoms with Crippen LogP contribution in [0.5, 0.6) is 0 Å². The fraction of sp³-hybridized carbons (Fsp3) is 0.231. The van der Waals surface area contributed by atoms with Crippen molar-refractivity contribution in [3.8, 4) is 0 Å². The molecule has 2 aromatic rings. The second kappa shape index (κ2) is 6.46. The van der Waals surface area contributed by atoms with Gasteiger partial charge in [0.25, 0.3) is 11.8 Å². The zero-order chi connectivity index (χ0) is 14.4. The van der Waals surface area contributed by atoms with E-state index in [0.717, 1.165) is 5.69 Å². The van der Waals surface area contributed by atoms with E-state index in [9.17, 15) is 9.59 Å². The molecule has 0 aliphatic rings. The first-order valence-electron chi connectivity index (χ1n) is 6.05. The number of furan rings is 1. The molecular weight excluding hydrogens is 260 g/mol. The van der Waals surface area contributed by atoms with Crippen LogP contribution in [0, 0.1) is 6.92 Å². The maximum Gasteiger partial charge on any atom is 0.287 e. The molecule has 0 saturated carbocycles. The lowest BCUT2D eigenvalue weighted by Crippen LogP contribution is -2.34. The normalized spacial score (nSPS) is 10.1. The van der Waals surface area contributed by atoms with Crippen LogP contribution in [0.2, 0.25) is 0 Å². The quantitative estimate of drug-likeness (QED) is 0.775. The van der Waals surface area contributed by atoms with Crippen LogP contribution in [0.15, 0.2) is 35.2 Å². The summed E-state index contributed by atoms with van der Waals surface area (Å²) >= 11 is 0. The summed E-state index contributed by atoms with van der Waals surface area (Å²) in [6, 6.07) is 3.20. The molecular formula is C13H14N4O3. The molecule has 0 fully saturated rings. The molecule has 0 spiro atoms. The molecule has 20 heavy (non-hydrogen) atoms. The van der Waals surface area contributed by atoms with Gasteiger partial charge in [0.2, 0.25) is 0 Å². The van der Waals surface area contributed by atoms with Gasteiger partial charge in [0.1, 0.15) is 5.69 Å². The van der Waals surface area contributed by atoms with Crippen molar-refractivity contribution < 1.29 is 14.0 Å². The van der Waals surface area contributed by atoms with E-state index in [1.165, 1.54) is 18.7 Å². The zero-order valence-corrected chi connectivity index (χ0v) is 10.9. The van der Waals surface area contributed by atoms with Crippen LogP contribution in [0.3, 0.4) is 0 Å². The predicted molar refractivity (Wildman–Crippen MR) is 70.1 cm³/mol. The lowest BCUT2D eigenvalue weighted by atomic mass is 10.4. The van der Waals surface area contributed by atoms with Gasteiger partial charge < -0.3 is 15.1 Å².